The van der Waals surface area contributed by atoms with E-state index < -0.39 is 30.1 Å². The minimum Gasteiger partial charge on any atom is -0.456 e. The summed E-state index contributed by atoms with van der Waals surface area (Å²) in [6, 6.07) is 0. The first-order valence-corrected chi connectivity index (χ1v) is 14.2. The van der Waals surface area contributed by atoms with E-state index >= 15 is 0 Å². The van der Waals surface area contributed by atoms with E-state index in [1.807, 2.05) is 7.11 Å². The molecule has 3 heterocycles. The number of methoxy groups -OCH3 is 1. The Kier molecular flexibility index (Phi) is 12.1. The number of rotatable bonds is 17. The maximum absolute atomic E-state index is 12.5. The van der Waals surface area contributed by atoms with E-state index in [9.17, 15) is 14.4 Å². The average molecular weight is 507 g/mol. The van der Waals surface area contributed by atoms with E-state index in [1.165, 1.54) is 63.9 Å². The molecule has 0 aromatic carbocycles. The Morgan fingerprint density at radius 3 is 2.42 bits per heavy atom. The van der Waals surface area contributed by atoms with Gasteiger partial charge in [-0.05, 0) is 25.3 Å². The van der Waals surface area contributed by atoms with Crippen LogP contribution < -0.4 is 0 Å². The quantitative estimate of drug-likeness (QED) is 0.183. The summed E-state index contributed by atoms with van der Waals surface area (Å²) in [7, 11) is 1.82. The fourth-order valence-electron chi connectivity index (χ4n) is 5.74. The van der Waals surface area contributed by atoms with Crippen molar-refractivity contribution in [3.8, 4) is 0 Å². The molecule has 7 nitrogen and oxygen atoms in total. The minimum absolute atomic E-state index is 0.0347. The maximum atomic E-state index is 12.5. The molecule has 5 atom stereocenters. The van der Waals surface area contributed by atoms with Crippen LogP contribution in [0.1, 0.15) is 116 Å². The number of hydrogen-bond acceptors (Lipinski definition) is 7. The Hall–Kier alpha value is -1.57. The molecular formula is C29H46O7. The highest BCUT2D eigenvalue weighted by Crippen LogP contribution is 2.42. The number of carbonyl (C=O) groups is 3. The van der Waals surface area contributed by atoms with Crippen LogP contribution in [0.3, 0.4) is 0 Å². The Morgan fingerprint density at radius 2 is 1.72 bits per heavy atom. The van der Waals surface area contributed by atoms with Gasteiger partial charge in [-0.1, -0.05) is 64.7 Å². The van der Waals surface area contributed by atoms with Gasteiger partial charge in [0.05, 0.1) is 18.6 Å². The standard InChI is InChI=1S/C29H46O7/c1-3-13-24(33-2)15-12-10-8-6-4-5-7-9-11-14-22(30)18-25-19-23(31)20-29(35-25)21-27-26(36-29)16-17-28(32)34-27/h16-17,24-27H,3-15,18-21H2,1-2H3. The lowest BCUT2D eigenvalue weighted by molar-refractivity contribution is -0.257. The molecule has 0 radical (unpaired) electrons. The van der Waals surface area contributed by atoms with Gasteiger partial charge in [-0.25, -0.2) is 4.79 Å². The van der Waals surface area contributed by atoms with Gasteiger partial charge in [0.2, 0.25) is 0 Å². The molecule has 0 aromatic rings. The second-order valence-corrected chi connectivity index (χ2v) is 10.8. The Bertz CT molecular complexity index is 748. The first kappa shape index (κ1) is 29.0. The zero-order chi connectivity index (χ0) is 25.8. The lowest BCUT2D eigenvalue weighted by atomic mass is 9.93. The van der Waals surface area contributed by atoms with E-state index in [0.29, 0.717) is 18.9 Å². The molecule has 204 valence electrons. The second kappa shape index (κ2) is 15.0. The number of ether oxygens (including phenoxy) is 4. The molecule has 2 saturated heterocycles. The van der Waals surface area contributed by atoms with E-state index in [0.717, 1.165) is 19.3 Å². The number of Topliss-reactive ketones (excluding diaryl/α,β-unsaturated/α-hetero) is 2. The number of esters is 1. The van der Waals surface area contributed by atoms with E-state index in [1.54, 1.807) is 6.08 Å². The first-order valence-electron chi connectivity index (χ1n) is 14.2. The summed E-state index contributed by atoms with van der Waals surface area (Å²) in [5, 5.41) is 0. The predicted octanol–water partition coefficient (Wildman–Crippen LogP) is 5.77. The molecule has 2 fully saturated rings. The molecule has 0 N–H and O–H groups in total. The predicted molar refractivity (Wildman–Crippen MR) is 136 cm³/mol. The van der Waals surface area contributed by atoms with Gasteiger partial charge >= 0.3 is 5.97 Å². The highest BCUT2D eigenvalue weighted by Gasteiger charge is 2.53. The molecule has 3 rings (SSSR count). The zero-order valence-corrected chi connectivity index (χ0v) is 22.3. The number of ketones is 2. The van der Waals surface area contributed by atoms with E-state index in [4.69, 9.17) is 18.9 Å². The minimum atomic E-state index is -1.08. The zero-order valence-electron chi connectivity index (χ0n) is 22.3. The molecule has 0 aliphatic carbocycles. The van der Waals surface area contributed by atoms with Crippen LogP contribution in [0.5, 0.6) is 0 Å². The fourth-order valence-corrected chi connectivity index (χ4v) is 5.74. The van der Waals surface area contributed by atoms with E-state index in [-0.39, 0.29) is 30.8 Å². The van der Waals surface area contributed by atoms with Gasteiger partial charge in [0, 0.05) is 38.9 Å². The summed E-state index contributed by atoms with van der Waals surface area (Å²) in [6.07, 6.45) is 17.9. The van der Waals surface area contributed by atoms with Crippen molar-refractivity contribution in [2.24, 2.45) is 0 Å². The van der Waals surface area contributed by atoms with E-state index in [2.05, 4.69) is 6.92 Å². The molecule has 0 aromatic heterocycles. The van der Waals surface area contributed by atoms with Crippen LogP contribution in [-0.4, -0.2) is 54.8 Å². The highest BCUT2D eigenvalue weighted by molar-refractivity contribution is 5.84. The van der Waals surface area contributed by atoms with Crippen LogP contribution in [0.15, 0.2) is 12.2 Å². The summed E-state index contributed by atoms with van der Waals surface area (Å²) in [4.78, 5) is 36.5. The van der Waals surface area contributed by atoms with Gasteiger partial charge in [-0.2, -0.15) is 0 Å². The Morgan fingerprint density at radius 1 is 1.03 bits per heavy atom. The third kappa shape index (κ3) is 9.38. The number of hydrogen-bond donors (Lipinski definition) is 0. The van der Waals surface area contributed by atoms with Crippen molar-refractivity contribution < 1.29 is 33.3 Å². The summed E-state index contributed by atoms with van der Waals surface area (Å²) in [5.41, 5.74) is 0. The third-order valence-corrected chi connectivity index (χ3v) is 7.60. The molecule has 0 saturated carbocycles. The van der Waals surface area contributed by atoms with Crippen LogP contribution in [0.25, 0.3) is 0 Å². The summed E-state index contributed by atoms with van der Waals surface area (Å²) in [5.74, 6) is -1.30. The van der Waals surface area contributed by atoms with Crippen LogP contribution in [-0.2, 0) is 33.3 Å². The number of fused-ring (bicyclic) bond motifs is 1. The second-order valence-electron chi connectivity index (χ2n) is 10.8. The molecule has 5 unspecified atom stereocenters. The van der Waals surface area contributed by atoms with Crippen molar-refractivity contribution in [3.05, 3.63) is 12.2 Å². The molecule has 3 aliphatic heterocycles. The highest BCUT2D eigenvalue weighted by atomic mass is 16.7. The molecular weight excluding hydrogens is 460 g/mol. The van der Waals surface area contributed by atoms with Gasteiger partial charge in [0.1, 0.15) is 23.8 Å². The largest absolute Gasteiger partial charge is 0.456 e. The topological polar surface area (TPSA) is 88.1 Å². The monoisotopic (exact) mass is 506 g/mol. The molecule has 3 aliphatic rings. The number of unbranched alkanes of at least 4 members (excludes halogenated alkanes) is 8. The Balaban J connectivity index is 1.22. The molecule has 0 bridgehead atoms. The van der Waals surface area contributed by atoms with Gasteiger partial charge in [-0.15, -0.1) is 0 Å². The SMILES string of the molecule is CCCC(CCCCCCCCCCCC(=O)CC1CC(=O)CC2(CC3OC(=O)C=CC3O2)O1)OC. The fraction of sp³-hybridized carbons (Fsp3) is 0.828. The van der Waals surface area contributed by atoms with Crippen molar-refractivity contribution in [3.63, 3.8) is 0 Å². The first-order chi connectivity index (χ1) is 17.4. The van der Waals surface area contributed by atoms with Crippen LogP contribution >= 0.6 is 0 Å². The van der Waals surface area contributed by atoms with Gasteiger partial charge < -0.3 is 18.9 Å². The Labute approximate surface area is 216 Å². The normalized spacial score (nSPS) is 28.3. The molecule has 1 spiro atoms. The average Bonchev–Trinajstić information content (AvgIpc) is 3.16. The van der Waals surface area contributed by atoms with Crippen LogP contribution in [0.4, 0.5) is 0 Å². The van der Waals surface area contributed by atoms with Crippen molar-refractivity contribution in [2.75, 3.05) is 7.11 Å². The lowest BCUT2D eigenvalue weighted by Gasteiger charge is -2.36. The van der Waals surface area contributed by atoms with Crippen LogP contribution in [0.2, 0.25) is 0 Å². The van der Waals surface area contributed by atoms with Crippen molar-refractivity contribution in [1.82, 2.24) is 0 Å². The lowest BCUT2D eigenvalue weighted by Crippen LogP contribution is -2.45. The summed E-state index contributed by atoms with van der Waals surface area (Å²) < 4.78 is 23.0. The van der Waals surface area contributed by atoms with Gasteiger partial charge in [0.25, 0.3) is 0 Å². The summed E-state index contributed by atoms with van der Waals surface area (Å²) in [6.45, 7) is 2.21. The van der Waals surface area contributed by atoms with Crippen LogP contribution in [0, 0.1) is 0 Å². The number of carbonyl (C=O) groups excluding carboxylic acids is 3. The summed E-state index contributed by atoms with van der Waals surface area (Å²) >= 11 is 0. The van der Waals surface area contributed by atoms with Gasteiger partial charge in [0.15, 0.2) is 5.79 Å². The maximum Gasteiger partial charge on any atom is 0.330 e. The molecule has 36 heavy (non-hydrogen) atoms. The smallest absolute Gasteiger partial charge is 0.330 e. The molecule has 0 amide bonds. The van der Waals surface area contributed by atoms with Gasteiger partial charge in [-0.3, -0.25) is 9.59 Å². The third-order valence-electron chi connectivity index (χ3n) is 7.60. The van der Waals surface area contributed by atoms with Crippen molar-refractivity contribution >= 4 is 17.5 Å². The molecule has 7 heteroatoms. The van der Waals surface area contributed by atoms with Crippen molar-refractivity contribution in [1.29, 1.82) is 0 Å². The van der Waals surface area contributed by atoms with Crippen molar-refractivity contribution in [2.45, 2.75) is 146 Å².